The van der Waals surface area contributed by atoms with Crippen molar-refractivity contribution >= 4 is 24.0 Å². The maximum Gasteiger partial charge on any atom is 0.339 e. The molecule has 2 aliphatic heterocycles. The van der Waals surface area contributed by atoms with Gasteiger partial charge in [-0.3, -0.25) is 4.79 Å². The topological polar surface area (TPSA) is 126 Å². The van der Waals surface area contributed by atoms with Crippen LogP contribution in [0.3, 0.4) is 0 Å². The number of esters is 3. The van der Waals surface area contributed by atoms with E-state index in [1.54, 1.807) is 42.2 Å². The maximum atomic E-state index is 13.0. The summed E-state index contributed by atoms with van der Waals surface area (Å²) in [6.45, 7) is 9.04. The number of rotatable bonds is 6. The molecule has 0 aromatic carbocycles. The Morgan fingerprint density at radius 1 is 1.23 bits per heavy atom. The maximum absolute atomic E-state index is 13.0. The first-order chi connectivity index (χ1) is 18.8. The fourth-order valence-electron chi connectivity index (χ4n) is 6.10. The Morgan fingerprint density at radius 3 is 2.55 bits per heavy atom. The van der Waals surface area contributed by atoms with Crippen molar-refractivity contribution in [2.24, 2.45) is 30.7 Å². The lowest BCUT2D eigenvalue weighted by molar-refractivity contribution is -0.216. The third-order valence-corrected chi connectivity index (χ3v) is 8.02. The molecule has 0 radical (unpaired) electrons. The molecule has 10 heteroatoms. The number of aliphatic hydroxyl groups is 1. The van der Waals surface area contributed by atoms with E-state index in [9.17, 15) is 19.5 Å². The molecule has 0 saturated carbocycles. The minimum absolute atomic E-state index is 0.0262. The third-order valence-electron chi connectivity index (χ3n) is 8.02. The fraction of sp³-hybridized carbons (Fsp3) is 0.533. The van der Waals surface area contributed by atoms with E-state index < -0.39 is 41.5 Å². The van der Waals surface area contributed by atoms with Crippen LogP contribution in [0.4, 0.5) is 0 Å². The number of methoxy groups -OCH3 is 1. The Balaban J connectivity index is 1.79. The summed E-state index contributed by atoms with van der Waals surface area (Å²) >= 11 is 0. The van der Waals surface area contributed by atoms with Crippen LogP contribution in [0.15, 0.2) is 54.1 Å². The second-order valence-electron chi connectivity index (χ2n) is 11.3. The molecular weight excluding hydrogens is 516 g/mol. The average Bonchev–Trinajstić information content (AvgIpc) is 3.44. The van der Waals surface area contributed by atoms with Gasteiger partial charge in [0.25, 0.3) is 0 Å². The number of ether oxygens (including phenoxy) is 4. The van der Waals surface area contributed by atoms with Crippen LogP contribution in [0.1, 0.15) is 46.7 Å². The van der Waals surface area contributed by atoms with Crippen LogP contribution in [0, 0.1) is 23.7 Å². The molecule has 1 aromatic rings. The van der Waals surface area contributed by atoms with Crippen molar-refractivity contribution in [3.05, 3.63) is 59.7 Å². The number of hydrogen-bond acceptors (Lipinski definition) is 9. The van der Waals surface area contributed by atoms with E-state index in [1.807, 2.05) is 33.9 Å². The largest absolute Gasteiger partial charge is 0.466 e. The zero-order valence-electron chi connectivity index (χ0n) is 24.0. The van der Waals surface area contributed by atoms with Gasteiger partial charge in [0.05, 0.1) is 24.7 Å². The van der Waals surface area contributed by atoms with Crippen molar-refractivity contribution < 1.29 is 38.4 Å². The lowest BCUT2D eigenvalue weighted by atomic mass is 9.64. The van der Waals surface area contributed by atoms with Crippen LogP contribution in [-0.2, 0) is 40.4 Å². The van der Waals surface area contributed by atoms with Crippen LogP contribution < -0.4 is 0 Å². The lowest BCUT2D eigenvalue weighted by Gasteiger charge is -2.44. The van der Waals surface area contributed by atoms with Gasteiger partial charge in [0, 0.05) is 32.2 Å². The van der Waals surface area contributed by atoms with E-state index in [-0.39, 0.29) is 29.2 Å². The molecule has 0 unspecified atom stereocenters. The van der Waals surface area contributed by atoms with Gasteiger partial charge in [-0.2, -0.15) is 0 Å². The number of fused-ring (bicyclic) bond motifs is 3. The van der Waals surface area contributed by atoms with E-state index in [1.165, 1.54) is 26.2 Å². The summed E-state index contributed by atoms with van der Waals surface area (Å²) in [4.78, 5) is 42.3. The first-order valence-electron chi connectivity index (χ1n) is 13.4. The second kappa shape index (κ2) is 11.2. The molecule has 1 aromatic heterocycles. The molecule has 4 rings (SSSR count). The lowest BCUT2D eigenvalue weighted by Crippen LogP contribution is -2.48. The fourth-order valence-corrected chi connectivity index (χ4v) is 6.10. The molecule has 216 valence electrons. The van der Waals surface area contributed by atoms with Crippen molar-refractivity contribution in [1.29, 1.82) is 0 Å². The molecule has 7 atom stereocenters. The highest BCUT2D eigenvalue weighted by Crippen LogP contribution is 2.49. The van der Waals surface area contributed by atoms with Crippen LogP contribution in [0.25, 0.3) is 6.08 Å². The van der Waals surface area contributed by atoms with Gasteiger partial charge in [-0.25, -0.2) is 14.6 Å². The van der Waals surface area contributed by atoms with Gasteiger partial charge < -0.3 is 28.6 Å². The summed E-state index contributed by atoms with van der Waals surface area (Å²) < 4.78 is 24.7. The Morgan fingerprint density at radius 2 is 1.95 bits per heavy atom. The van der Waals surface area contributed by atoms with E-state index >= 15 is 0 Å². The number of allylic oxidation sites excluding steroid dienone is 2. The van der Waals surface area contributed by atoms with Gasteiger partial charge in [-0.15, -0.1) is 0 Å². The molecule has 1 N–H and O–H groups in total. The Hall–Kier alpha value is -3.50. The van der Waals surface area contributed by atoms with Crippen molar-refractivity contribution in [1.82, 2.24) is 9.55 Å². The van der Waals surface area contributed by atoms with Crippen molar-refractivity contribution in [2.45, 2.75) is 64.6 Å². The first-order valence-corrected chi connectivity index (χ1v) is 13.4. The predicted octanol–water partition coefficient (Wildman–Crippen LogP) is 3.28. The number of carbonyl (C=O) groups is 3. The highest BCUT2D eigenvalue weighted by molar-refractivity contribution is 5.91. The zero-order valence-corrected chi connectivity index (χ0v) is 24.0. The van der Waals surface area contributed by atoms with E-state index in [0.29, 0.717) is 12.1 Å². The van der Waals surface area contributed by atoms with E-state index in [4.69, 9.17) is 18.9 Å². The summed E-state index contributed by atoms with van der Waals surface area (Å²) in [5.41, 5.74) is 0.178. The second-order valence-corrected chi connectivity index (χ2v) is 11.3. The van der Waals surface area contributed by atoms with Gasteiger partial charge >= 0.3 is 17.9 Å². The van der Waals surface area contributed by atoms with Crippen molar-refractivity contribution in [3.63, 3.8) is 0 Å². The quantitative estimate of drug-likeness (QED) is 0.244. The van der Waals surface area contributed by atoms with Gasteiger partial charge in [0.2, 0.25) is 5.79 Å². The van der Waals surface area contributed by atoms with Gasteiger partial charge in [-0.05, 0) is 62.3 Å². The van der Waals surface area contributed by atoms with Gasteiger partial charge in [-0.1, -0.05) is 25.5 Å². The Labute approximate surface area is 234 Å². The molecule has 0 spiro atoms. The van der Waals surface area contributed by atoms with Crippen molar-refractivity contribution in [2.75, 3.05) is 7.11 Å². The molecule has 10 nitrogen and oxygen atoms in total. The number of carbonyl (C=O) groups excluding carboxylic acids is 3. The monoisotopic (exact) mass is 554 g/mol. The van der Waals surface area contributed by atoms with Crippen LogP contribution in [0.2, 0.25) is 0 Å². The SMILES string of the molecule is COC(=O)/C1=C/[C@H]2[C@H](C(C)C)[C@@H](OC(C)=O)C=C(C)[C@H]2C[C@@H](OC(=O)/C=C/c2cn(C)cn2)[C@@]2(C)C=C[C@]1(O)O2. The summed E-state index contributed by atoms with van der Waals surface area (Å²) in [6, 6.07) is 0. The number of imidazole rings is 1. The molecule has 40 heavy (non-hydrogen) atoms. The van der Waals surface area contributed by atoms with Crippen molar-refractivity contribution in [3.8, 4) is 0 Å². The number of nitrogens with zero attached hydrogens (tertiary/aromatic N) is 2. The number of aromatic nitrogens is 2. The molecular formula is C30H38N2O8. The molecule has 3 aliphatic rings. The Bertz CT molecular complexity index is 1290. The molecule has 0 saturated heterocycles. The molecule has 2 bridgehead atoms. The van der Waals surface area contributed by atoms with Crippen LogP contribution in [-0.4, -0.2) is 63.3 Å². The normalized spacial score (nSPS) is 34.7. The third kappa shape index (κ3) is 5.83. The van der Waals surface area contributed by atoms with Crippen LogP contribution >= 0.6 is 0 Å². The summed E-state index contributed by atoms with van der Waals surface area (Å²) in [5.74, 6) is -4.70. The van der Waals surface area contributed by atoms with E-state index in [0.717, 1.165) is 5.57 Å². The smallest absolute Gasteiger partial charge is 0.339 e. The summed E-state index contributed by atoms with van der Waals surface area (Å²) in [6.07, 6.45) is 11.8. The van der Waals surface area contributed by atoms with Gasteiger partial charge in [0.1, 0.15) is 17.8 Å². The van der Waals surface area contributed by atoms with E-state index in [2.05, 4.69) is 4.98 Å². The number of hydrogen-bond donors (Lipinski definition) is 1. The standard InChI is InChI=1S/C30H38N2O8/c1-17(2)27-22-13-23(28(35)37-7)30(36)11-10-29(5,40-30)25(14-21(22)18(3)12-24(27)38-19(4)33)39-26(34)9-8-20-15-32(6)16-31-20/h8-13,15-17,21-22,24-25,27,36H,14H2,1-7H3/b9-8+,23-13-/t21-,22-,24+,25-,27+,29-,30+/m1/s1. The average molecular weight is 555 g/mol. The molecule has 3 heterocycles. The molecule has 1 aliphatic carbocycles. The minimum atomic E-state index is -2.11. The molecule has 0 fully saturated rings. The summed E-state index contributed by atoms with van der Waals surface area (Å²) in [7, 11) is 3.07. The highest BCUT2D eigenvalue weighted by atomic mass is 16.7. The predicted molar refractivity (Wildman–Crippen MR) is 145 cm³/mol. The minimum Gasteiger partial charge on any atom is -0.466 e. The zero-order chi connectivity index (χ0) is 29.4. The van der Waals surface area contributed by atoms with Crippen LogP contribution in [0.5, 0.6) is 0 Å². The number of aryl methyl sites for hydroxylation is 1. The van der Waals surface area contributed by atoms with Gasteiger partial charge in [0.15, 0.2) is 0 Å². The highest BCUT2D eigenvalue weighted by Gasteiger charge is 2.55. The Kier molecular flexibility index (Phi) is 8.23. The molecule has 0 amide bonds. The first kappa shape index (κ1) is 29.5. The summed E-state index contributed by atoms with van der Waals surface area (Å²) in [5, 5.41) is 11.6.